The summed E-state index contributed by atoms with van der Waals surface area (Å²) in [5.41, 5.74) is 2.79. The van der Waals surface area contributed by atoms with Crippen LogP contribution in [0.1, 0.15) is 38.3 Å². The minimum absolute atomic E-state index is 0.297. The number of hydrogen-bond acceptors (Lipinski definition) is 4. The molecule has 0 aromatic heterocycles. The molecule has 0 bridgehead atoms. The van der Waals surface area contributed by atoms with Crippen LogP contribution < -0.4 is 21.3 Å². The maximum atomic E-state index is 13.1. The van der Waals surface area contributed by atoms with Crippen LogP contribution in [0.3, 0.4) is 0 Å². The molecule has 4 aromatic rings. The van der Waals surface area contributed by atoms with Crippen molar-refractivity contribution < 1.29 is 19.2 Å². The Morgan fingerprint density at radius 3 is 1.14 bits per heavy atom. The zero-order valence-electron chi connectivity index (χ0n) is 23.9. The average Bonchev–Trinajstić information content (AvgIpc) is 3.05. The lowest BCUT2D eigenvalue weighted by molar-refractivity contribution is -0.123. The van der Waals surface area contributed by atoms with Gasteiger partial charge >= 0.3 is 0 Å². The van der Waals surface area contributed by atoms with Crippen molar-refractivity contribution in [2.75, 3.05) is 13.1 Å². The molecular formula is C35H36N4O4. The van der Waals surface area contributed by atoms with Crippen molar-refractivity contribution in [2.45, 2.75) is 31.3 Å². The van der Waals surface area contributed by atoms with Gasteiger partial charge in [0.25, 0.3) is 11.8 Å². The first-order chi connectivity index (χ1) is 21.0. The van der Waals surface area contributed by atoms with E-state index in [1.165, 1.54) is 0 Å². The predicted octanol–water partition coefficient (Wildman–Crippen LogP) is 3.69. The average molecular weight is 577 g/mol. The molecule has 2 atom stereocenters. The van der Waals surface area contributed by atoms with Crippen LogP contribution >= 0.6 is 0 Å². The Morgan fingerprint density at radius 1 is 0.465 bits per heavy atom. The van der Waals surface area contributed by atoms with Gasteiger partial charge < -0.3 is 21.3 Å². The molecule has 0 fully saturated rings. The number of hydrogen-bond donors (Lipinski definition) is 4. The molecule has 43 heavy (non-hydrogen) atoms. The first-order valence-electron chi connectivity index (χ1n) is 14.3. The molecule has 4 N–H and O–H groups in total. The Kier molecular flexibility index (Phi) is 11.6. The Bertz CT molecular complexity index is 1350. The Balaban J connectivity index is 1.30. The minimum Gasteiger partial charge on any atom is -0.354 e. The molecule has 0 saturated heterocycles. The lowest BCUT2D eigenvalue weighted by Crippen LogP contribution is -2.49. The number of carbonyl (C=O) groups is 4. The van der Waals surface area contributed by atoms with E-state index in [-0.39, 0.29) is 23.6 Å². The normalized spacial score (nSPS) is 11.9. The fourth-order valence-corrected chi connectivity index (χ4v) is 4.54. The summed E-state index contributed by atoms with van der Waals surface area (Å²) >= 11 is 0. The molecule has 0 spiro atoms. The maximum absolute atomic E-state index is 13.1. The molecule has 0 unspecified atom stereocenters. The molecule has 0 radical (unpaired) electrons. The second-order valence-corrected chi connectivity index (χ2v) is 10.1. The van der Waals surface area contributed by atoms with Gasteiger partial charge in [-0.05, 0) is 41.8 Å². The van der Waals surface area contributed by atoms with Gasteiger partial charge in [-0.1, -0.05) is 97.1 Å². The van der Waals surface area contributed by atoms with Crippen molar-refractivity contribution in [3.8, 4) is 0 Å². The molecular weight excluding hydrogens is 540 g/mol. The number of benzene rings is 4. The molecule has 0 aliphatic heterocycles. The Morgan fingerprint density at radius 2 is 0.791 bits per heavy atom. The third-order valence-corrected chi connectivity index (χ3v) is 6.83. The lowest BCUT2D eigenvalue weighted by atomic mass is 10.0. The summed E-state index contributed by atoms with van der Waals surface area (Å²) in [6.07, 6.45) is 1.14. The van der Waals surface area contributed by atoms with Crippen LogP contribution in [0.4, 0.5) is 0 Å². The van der Waals surface area contributed by atoms with E-state index in [0.717, 1.165) is 11.1 Å². The molecule has 0 aliphatic rings. The van der Waals surface area contributed by atoms with Crippen LogP contribution in [0.2, 0.25) is 0 Å². The topological polar surface area (TPSA) is 116 Å². The molecule has 8 nitrogen and oxygen atoms in total. The summed E-state index contributed by atoms with van der Waals surface area (Å²) in [5, 5.41) is 11.5. The van der Waals surface area contributed by atoms with Crippen LogP contribution in [0.5, 0.6) is 0 Å². The third kappa shape index (κ3) is 9.97. The molecule has 8 heteroatoms. The largest absolute Gasteiger partial charge is 0.354 e. The maximum Gasteiger partial charge on any atom is 0.251 e. The van der Waals surface area contributed by atoms with Crippen LogP contribution in [-0.2, 0) is 22.4 Å². The molecule has 4 amide bonds. The van der Waals surface area contributed by atoms with Gasteiger partial charge in [-0.2, -0.15) is 0 Å². The van der Waals surface area contributed by atoms with Gasteiger partial charge in [-0.15, -0.1) is 0 Å². The molecule has 0 saturated carbocycles. The first kappa shape index (κ1) is 30.7. The Hall–Kier alpha value is -5.24. The van der Waals surface area contributed by atoms with Crippen molar-refractivity contribution >= 4 is 23.6 Å². The van der Waals surface area contributed by atoms with Crippen molar-refractivity contribution in [1.29, 1.82) is 0 Å². The predicted molar refractivity (Wildman–Crippen MR) is 166 cm³/mol. The highest BCUT2D eigenvalue weighted by atomic mass is 16.2. The standard InChI is InChI=1S/C35H36N4O4/c40-32(28-18-9-3-10-19-28)38-30(24-26-14-5-1-6-15-26)34(42)36-22-13-23-37-35(43)31(25-27-16-7-2-8-17-27)39-33(41)29-20-11-4-12-21-29/h1-12,14-21,30-31H,13,22-25H2,(H,36,42)(H,37,43)(H,38,40)(H,39,41)/t30-,31-/m0/s1. The zero-order chi connectivity index (χ0) is 30.3. The van der Waals surface area contributed by atoms with Crippen LogP contribution in [0.25, 0.3) is 0 Å². The smallest absolute Gasteiger partial charge is 0.251 e. The van der Waals surface area contributed by atoms with Crippen molar-refractivity contribution in [3.63, 3.8) is 0 Å². The van der Waals surface area contributed by atoms with E-state index in [1.54, 1.807) is 48.5 Å². The van der Waals surface area contributed by atoms with Gasteiger partial charge in [-0.25, -0.2) is 0 Å². The van der Waals surface area contributed by atoms with Crippen LogP contribution in [0.15, 0.2) is 121 Å². The van der Waals surface area contributed by atoms with Crippen molar-refractivity contribution in [3.05, 3.63) is 144 Å². The second kappa shape index (κ2) is 16.3. The molecule has 0 heterocycles. The van der Waals surface area contributed by atoms with Gasteiger partial charge in [0.2, 0.25) is 11.8 Å². The first-order valence-corrected chi connectivity index (χ1v) is 14.3. The van der Waals surface area contributed by atoms with E-state index in [4.69, 9.17) is 0 Å². The number of rotatable bonds is 14. The molecule has 0 aliphatic carbocycles. The minimum atomic E-state index is -0.770. The van der Waals surface area contributed by atoms with E-state index in [1.807, 2.05) is 72.8 Å². The fraction of sp³-hybridized carbons (Fsp3) is 0.200. The van der Waals surface area contributed by atoms with Crippen molar-refractivity contribution in [2.24, 2.45) is 0 Å². The summed E-state index contributed by atoms with van der Waals surface area (Å²) in [6.45, 7) is 0.594. The number of nitrogens with one attached hydrogen (secondary N) is 4. The summed E-state index contributed by atoms with van der Waals surface area (Å²) in [4.78, 5) is 51.8. The number of amides is 4. The van der Waals surface area contributed by atoms with E-state index >= 15 is 0 Å². The van der Waals surface area contributed by atoms with E-state index < -0.39 is 12.1 Å². The third-order valence-electron chi connectivity index (χ3n) is 6.83. The number of carbonyl (C=O) groups excluding carboxylic acids is 4. The van der Waals surface area contributed by atoms with E-state index in [9.17, 15) is 19.2 Å². The fourth-order valence-electron chi connectivity index (χ4n) is 4.54. The van der Waals surface area contributed by atoms with Gasteiger partial charge in [0.1, 0.15) is 12.1 Å². The molecule has 4 aromatic carbocycles. The zero-order valence-corrected chi connectivity index (χ0v) is 23.9. The lowest BCUT2D eigenvalue weighted by Gasteiger charge is -2.20. The Labute approximate surface area is 251 Å². The quantitative estimate of drug-likeness (QED) is 0.171. The van der Waals surface area contributed by atoms with Gasteiger partial charge in [0, 0.05) is 37.1 Å². The summed E-state index contributed by atoms with van der Waals surface area (Å²) in [5.74, 6) is -1.27. The summed E-state index contributed by atoms with van der Waals surface area (Å²) < 4.78 is 0. The highest BCUT2D eigenvalue weighted by Gasteiger charge is 2.23. The summed E-state index contributed by atoms with van der Waals surface area (Å²) in [6, 6.07) is 35.0. The second-order valence-electron chi connectivity index (χ2n) is 10.1. The van der Waals surface area contributed by atoms with Crippen LogP contribution in [0, 0.1) is 0 Å². The molecule has 4 rings (SSSR count). The summed E-state index contributed by atoms with van der Waals surface area (Å²) in [7, 11) is 0. The van der Waals surface area contributed by atoms with Crippen molar-refractivity contribution in [1.82, 2.24) is 21.3 Å². The highest BCUT2D eigenvalue weighted by molar-refractivity contribution is 5.98. The van der Waals surface area contributed by atoms with Gasteiger partial charge in [-0.3, -0.25) is 19.2 Å². The van der Waals surface area contributed by atoms with Gasteiger partial charge in [0.15, 0.2) is 0 Å². The van der Waals surface area contributed by atoms with Gasteiger partial charge in [0.05, 0.1) is 0 Å². The van der Waals surface area contributed by atoms with E-state index in [2.05, 4.69) is 21.3 Å². The molecule has 220 valence electrons. The van der Waals surface area contributed by atoms with E-state index in [0.29, 0.717) is 43.5 Å². The van der Waals surface area contributed by atoms with Crippen LogP contribution in [-0.4, -0.2) is 48.8 Å². The monoisotopic (exact) mass is 576 g/mol. The highest BCUT2D eigenvalue weighted by Crippen LogP contribution is 2.07. The SMILES string of the molecule is O=C(N[C@@H](Cc1ccccc1)C(=O)NCCCNC(=O)[C@H](Cc1ccccc1)NC(=O)c1ccccc1)c1ccccc1.